The molecule has 54 heavy (non-hydrogen) atoms. The Labute approximate surface area is 308 Å². The number of ether oxygens (including phenoxy) is 1. The van der Waals surface area contributed by atoms with Gasteiger partial charge in [-0.25, -0.2) is 19.3 Å². The number of carboxylic acids is 1. The molecule has 0 aromatic carbocycles. The van der Waals surface area contributed by atoms with Crippen LogP contribution in [0.2, 0.25) is 0 Å². The first kappa shape index (κ1) is 45.4. The fraction of sp³-hybridized carbons (Fsp3) is 0.625. The first-order valence-corrected chi connectivity index (χ1v) is 20.5. The second-order valence-electron chi connectivity index (χ2n) is 11.8. The van der Waals surface area contributed by atoms with Crippen molar-refractivity contribution in [3.05, 3.63) is 12.7 Å². The van der Waals surface area contributed by atoms with Gasteiger partial charge in [0, 0.05) is 30.7 Å². The van der Waals surface area contributed by atoms with Crippen LogP contribution in [0, 0.1) is 5.41 Å². The first-order valence-electron chi connectivity index (χ1n) is 15.1. The molecule has 2 aromatic heterocycles. The van der Waals surface area contributed by atoms with Gasteiger partial charge in [0.05, 0.1) is 27.4 Å². The van der Waals surface area contributed by atoms with Crippen LogP contribution in [0.3, 0.4) is 0 Å². The van der Waals surface area contributed by atoms with Crippen LogP contribution in [-0.4, -0.2) is 114 Å². The van der Waals surface area contributed by atoms with Crippen molar-refractivity contribution in [2.24, 2.45) is 5.41 Å². The topological polar surface area (TPSA) is 412 Å². The minimum atomic E-state index is -5.93. The molecule has 2 aromatic rings. The summed E-state index contributed by atoms with van der Waals surface area (Å²) in [5.41, 5.74) is 3.99. The van der Waals surface area contributed by atoms with Crippen molar-refractivity contribution in [1.82, 2.24) is 30.2 Å². The lowest BCUT2D eigenvalue weighted by Crippen LogP contribution is -2.46. The fourth-order valence-corrected chi connectivity index (χ4v) is 7.84. The number of phosphoric ester groups is 3. The van der Waals surface area contributed by atoms with E-state index in [1.807, 2.05) is 0 Å². The van der Waals surface area contributed by atoms with Gasteiger partial charge in [0.1, 0.15) is 42.7 Å². The molecular formula is C24H34N7O19P3S-4. The molecule has 0 spiro atoms. The number of amides is 2. The molecule has 1 aliphatic rings. The third-order valence-corrected chi connectivity index (χ3v) is 10.9. The van der Waals surface area contributed by atoms with E-state index in [0.29, 0.717) is 11.8 Å². The highest BCUT2D eigenvalue weighted by Gasteiger charge is 2.47. The molecule has 30 heteroatoms. The molecule has 2 amide bonds. The third-order valence-electron chi connectivity index (χ3n) is 7.04. The van der Waals surface area contributed by atoms with Crippen molar-refractivity contribution in [2.45, 2.75) is 57.3 Å². The molecule has 7 N–H and O–H groups in total. The Kier molecular flexibility index (Phi) is 15.8. The Bertz CT molecular complexity index is 1830. The molecule has 3 rings (SSSR count). The van der Waals surface area contributed by atoms with E-state index in [9.17, 15) is 62.7 Å². The van der Waals surface area contributed by atoms with E-state index in [2.05, 4.69) is 43.5 Å². The van der Waals surface area contributed by atoms with Gasteiger partial charge >= 0.3 is 5.97 Å². The molecule has 1 aliphatic heterocycles. The van der Waals surface area contributed by atoms with Crippen LogP contribution in [0.15, 0.2) is 12.7 Å². The summed E-state index contributed by atoms with van der Waals surface area (Å²) in [5.74, 6) is -2.91. The number of carbonyl (C=O) groups is 4. The number of imidazole rings is 1. The van der Waals surface area contributed by atoms with E-state index in [1.165, 1.54) is 0 Å². The normalized spacial score (nSPS) is 21.9. The quantitative estimate of drug-likeness (QED) is 0.0392. The van der Waals surface area contributed by atoms with Crippen molar-refractivity contribution < 1.29 is 90.4 Å². The molecule has 3 heterocycles. The highest BCUT2D eigenvalue weighted by atomic mass is 32.2. The maximum atomic E-state index is 12.5. The summed E-state index contributed by atoms with van der Waals surface area (Å²) >= 11 is 0.706. The SMILES string of the molecule is CC(C)(COP(=O)([O-])OP(=O)([O-])OCC1OC(n2cnc3c(N)ncnc32)C(O)C1OP(=O)([O-])[O-])C(O)C(=O)NCCC(=O)NCCSC(=O)CC(=O)O. The van der Waals surface area contributed by atoms with Crippen molar-refractivity contribution in [3.63, 3.8) is 0 Å². The second kappa shape index (κ2) is 18.8. The molecule has 304 valence electrons. The van der Waals surface area contributed by atoms with Crippen LogP contribution in [-0.2, 0) is 55.5 Å². The van der Waals surface area contributed by atoms with Crippen LogP contribution in [0.1, 0.15) is 32.9 Å². The van der Waals surface area contributed by atoms with E-state index in [4.69, 9.17) is 15.6 Å². The lowest BCUT2D eigenvalue weighted by molar-refractivity contribution is -0.347. The summed E-state index contributed by atoms with van der Waals surface area (Å²) < 4.78 is 60.2. The number of nitrogen functional groups attached to an aromatic ring is 1. The molecule has 0 saturated carbocycles. The second-order valence-corrected chi connectivity index (χ2v) is 17.0. The molecule has 1 saturated heterocycles. The summed E-state index contributed by atoms with van der Waals surface area (Å²) in [6.45, 7) is -0.268. The number of aromatic nitrogens is 4. The number of thioether (sulfide) groups is 1. The number of nitrogens with one attached hydrogen (secondary N) is 2. The number of aliphatic carboxylic acids is 1. The zero-order chi connectivity index (χ0) is 40.6. The summed E-state index contributed by atoms with van der Waals surface area (Å²) in [6.07, 6.45) is -8.46. The van der Waals surface area contributed by atoms with Crippen LogP contribution < -0.4 is 35.9 Å². The van der Waals surface area contributed by atoms with Gasteiger partial charge in [0.15, 0.2) is 22.8 Å². The number of carboxylic acid groups (broad SMARTS) is 1. The number of nitrogens with two attached hydrogens (primary N) is 1. The first-order chi connectivity index (χ1) is 24.9. The number of nitrogens with zero attached hydrogens (tertiary/aromatic N) is 4. The molecule has 0 radical (unpaired) electrons. The zero-order valence-electron chi connectivity index (χ0n) is 28.0. The largest absolute Gasteiger partial charge is 0.790 e. The predicted molar refractivity (Wildman–Crippen MR) is 170 cm³/mol. The Morgan fingerprint density at radius 2 is 1.74 bits per heavy atom. The Morgan fingerprint density at radius 3 is 2.39 bits per heavy atom. The van der Waals surface area contributed by atoms with Gasteiger partial charge < -0.3 is 74.1 Å². The van der Waals surface area contributed by atoms with Gasteiger partial charge in [-0.15, -0.1) is 0 Å². The Morgan fingerprint density at radius 1 is 1.07 bits per heavy atom. The molecule has 1 fully saturated rings. The highest BCUT2D eigenvalue weighted by molar-refractivity contribution is 8.13. The minimum absolute atomic E-state index is 0.0176. The van der Waals surface area contributed by atoms with E-state index < -0.39 is 102 Å². The maximum absolute atomic E-state index is 12.5. The number of rotatable bonds is 21. The number of hydrogen-bond donors (Lipinski definition) is 6. The molecule has 7 unspecified atom stereocenters. The number of aliphatic hydroxyl groups is 2. The van der Waals surface area contributed by atoms with Gasteiger partial charge in [0.2, 0.25) is 11.8 Å². The van der Waals surface area contributed by atoms with Crippen molar-refractivity contribution >= 4 is 75.1 Å². The average molecular weight is 850 g/mol. The Hall–Kier alpha value is -2.97. The smallest absolute Gasteiger partial charge is 0.311 e. The van der Waals surface area contributed by atoms with E-state index in [0.717, 1.165) is 31.1 Å². The maximum Gasteiger partial charge on any atom is 0.311 e. The van der Waals surface area contributed by atoms with Crippen LogP contribution in [0.4, 0.5) is 5.82 Å². The van der Waals surface area contributed by atoms with Gasteiger partial charge in [0.25, 0.3) is 15.6 Å². The van der Waals surface area contributed by atoms with E-state index in [-0.39, 0.29) is 42.2 Å². The highest BCUT2D eigenvalue weighted by Crippen LogP contribution is 2.56. The van der Waals surface area contributed by atoms with Gasteiger partial charge in [-0.2, -0.15) is 0 Å². The zero-order valence-corrected chi connectivity index (χ0v) is 31.5. The van der Waals surface area contributed by atoms with Crippen LogP contribution in [0.5, 0.6) is 0 Å². The van der Waals surface area contributed by atoms with Crippen molar-refractivity contribution in [1.29, 1.82) is 0 Å². The number of phosphoric acid groups is 3. The molecule has 7 atom stereocenters. The van der Waals surface area contributed by atoms with Crippen molar-refractivity contribution in [3.8, 4) is 0 Å². The van der Waals surface area contributed by atoms with Crippen LogP contribution >= 0.6 is 35.2 Å². The monoisotopic (exact) mass is 849 g/mol. The van der Waals surface area contributed by atoms with Gasteiger partial charge in [-0.05, 0) is 0 Å². The summed E-state index contributed by atoms with van der Waals surface area (Å²) in [6, 6.07) is 0. The predicted octanol–water partition coefficient (Wildman–Crippen LogP) is -4.39. The summed E-state index contributed by atoms with van der Waals surface area (Å²) in [4.78, 5) is 105. The lowest BCUT2D eigenvalue weighted by atomic mass is 9.87. The van der Waals surface area contributed by atoms with Crippen molar-refractivity contribution in [2.75, 3.05) is 37.8 Å². The average Bonchev–Trinajstić information content (AvgIpc) is 3.60. The molecule has 0 aliphatic carbocycles. The standard InChI is InChI=1S/C24H38N7O19P3S/c1-24(2,19(37)22(38)27-4-3-13(32)26-5-6-54-15(35)7-14(33)34)9-47-53(44,45)50-52(42,43)46-8-12-18(49-51(39,40)41)17(36)23(48-12)31-11-30-16-20(25)28-10-29-21(16)31/h10-12,17-19,23,36-37H,3-9H2,1-2H3,(H,26,32)(H,27,38)(H,33,34)(H,42,43)(H,44,45)(H2,25,28,29)(H2,39,40,41)/p-4. The van der Waals surface area contributed by atoms with E-state index in [1.54, 1.807) is 0 Å². The number of hydrogen-bond acceptors (Lipinski definition) is 23. The van der Waals surface area contributed by atoms with Gasteiger partial charge in [-0.1, -0.05) is 25.6 Å². The Balaban J connectivity index is 1.51. The molecule has 26 nitrogen and oxygen atoms in total. The minimum Gasteiger partial charge on any atom is -0.790 e. The summed E-state index contributed by atoms with van der Waals surface area (Å²) in [5, 5.41) is 33.8. The number of aliphatic hydroxyl groups excluding tert-OH is 2. The van der Waals surface area contributed by atoms with Crippen LogP contribution in [0.25, 0.3) is 11.2 Å². The third kappa shape index (κ3) is 13.6. The molecule has 0 bridgehead atoms. The summed E-state index contributed by atoms with van der Waals surface area (Å²) in [7, 11) is -17.6. The number of carbonyl (C=O) groups excluding carboxylic acids is 3. The fourth-order valence-electron chi connectivity index (χ4n) is 4.45. The van der Waals surface area contributed by atoms with Gasteiger partial charge in [-0.3, -0.25) is 32.9 Å². The lowest BCUT2D eigenvalue weighted by Gasteiger charge is -2.36. The number of fused-ring (bicyclic) bond motifs is 1. The molecular weight excluding hydrogens is 815 g/mol. The number of anilines is 1. The van der Waals surface area contributed by atoms with E-state index >= 15 is 0 Å².